The van der Waals surface area contributed by atoms with Gasteiger partial charge in [0.25, 0.3) is 0 Å². The molecule has 0 amide bonds. The van der Waals surface area contributed by atoms with Crippen LogP contribution in [0.3, 0.4) is 0 Å². The van der Waals surface area contributed by atoms with Crippen LogP contribution in [-0.4, -0.2) is 29.7 Å². The molecule has 3 heterocycles. The highest BCUT2D eigenvalue weighted by molar-refractivity contribution is 5.89. The fraction of sp³-hybridized carbons (Fsp3) is 0.250. The lowest BCUT2D eigenvalue weighted by Gasteiger charge is -2.33. The predicted molar refractivity (Wildman–Crippen MR) is 79.1 cm³/mol. The first-order valence-electron chi connectivity index (χ1n) is 7.11. The van der Waals surface area contributed by atoms with E-state index in [4.69, 9.17) is 9.15 Å². The van der Waals surface area contributed by atoms with Gasteiger partial charge in [0.1, 0.15) is 29.8 Å². The first-order valence-corrected chi connectivity index (χ1v) is 7.11. The molecule has 0 N–H and O–H groups in total. The Morgan fingerprint density at radius 1 is 1.23 bits per heavy atom. The van der Waals surface area contributed by atoms with E-state index in [2.05, 4.69) is 14.9 Å². The minimum atomic E-state index is -0.292. The molecular formula is C16H14FN3O2. The number of morpholine rings is 1. The van der Waals surface area contributed by atoms with Crippen LogP contribution in [0.25, 0.3) is 10.9 Å². The van der Waals surface area contributed by atoms with Gasteiger partial charge >= 0.3 is 0 Å². The maximum atomic E-state index is 13.6. The zero-order chi connectivity index (χ0) is 14.9. The van der Waals surface area contributed by atoms with Crippen molar-refractivity contribution in [1.82, 2.24) is 9.97 Å². The van der Waals surface area contributed by atoms with Gasteiger partial charge in [0.15, 0.2) is 0 Å². The summed E-state index contributed by atoms with van der Waals surface area (Å²) in [6.45, 7) is 1.86. The molecule has 0 radical (unpaired) electrons. The number of furan rings is 1. The normalized spacial score (nSPS) is 18.8. The van der Waals surface area contributed by atoms with Crippen LogP contribution in [0.4, 0.5) is 10.2 Å². The van der Waals surface area contributed by atoms with Crippen LogP contribution >= 0.6 is 0 Å². The number of anilines is 1. The van der Waals surface area contributed by atoms with Crippen LogP contribution < -0.4 is 4.90 Å². The van der Waals surface area contributed by atoms with Crippen LogP contribution in [0, 0.1) is 5.82 Å². The summed E-state index contributed by atoms with van der Waals surface area (Å²) in [4.78, 5) is 10.6. The van der Waals surface area contributed by atoms with Crippen molar-refractivity contribution in [3.8, 4) is 0 Å². The number of benzene rings is 1. The second-order valence-electron chi connectivity index (χ2n) is 5.18. The first-order chi connectivity index (χ1) is 10.8. The Morgan fingerprint density at radius 3 is 3.05 bits per heavy atom. The third-order valence-corrected chi connectivity index (χ3v) is 3.80. The highest BCUT2D eigenvalue weighted by Crippen LogP contribution is 2.29. The first kappa shape index (κ1) is 13.2. The molecule has 0 spiro atoms. The minimum absolute atomic E-state index is 0.151. The standard InChI is InChI=1S/C16H14FN3O2/c17-11-3-4-13-12(8-11)16(19-10-18-13)20-5-7-22-15(9-20)14-2-1-6-21-14/h1-4,6,8,10,15H,5,7,9H2. The molecule has 0 aliphatic carbocycles. The molecule has 22 heavy (non-hydrogen) atoms. The monoisotopic (exact) mass is 299 g/mol. The van der Waals surface area contributed by atoms with Crippen molar-refractivity contribution < 1.29 is 13.5 Å². The number of ether oxygens (including phenoxy) is 1. The van der Waals surface area contributed by atoms with Crippen LogP contribution in [0.1, 0.15) is 11.9 Å². The Hall–Kier alpha value is -2.47. The Kier molecular flexibility index (Phi) is 3.23. The molecule has 1 atom stereocenters. The molecule has 2 aromatic heterocycles. The average Bonchev–Trinajstić information content (AvgIpc) is 3.09. The lowest BCUT2D eigenvalue weighted by molar-refractivity contribution is 0.0256. The van der Waals surface area contributed by atoms with Crippen molar-refractivity contribution in [2.45, 2.75) is 6.10 Å². The second kappa shape index (κ2) is 5.38. The van der Waals surface area contributed by atoms with Gasteiger partial charge in [-0.2, -0.15) is 0 Å². The molecule has 1 aromatic carbocycles. The SMILES string of the molecule is Fc1ccc2ncnc(N3CCOC(c4ccco4)C3)c2c1. The molecule has 4 rings (SSSR count). The molecule has 6 heteroatoms. The summed E-state index contributed by atoms with van der Waals surface area (Å²) in [5.74, 6) is 1.22. The zero-order valence-electron chi connectivity index (χ0n) is 11.8. The van der Waals surface area contributed by atoms with Gasteiger partial charge in [-0.05, 0) is 30.3 Å². The third kappa shape index (κ3) is 2.31. The van der Waals surface area contributed by atoms with E-state index in [1.165, 1.54) is 18.5 Å². The van der Waals surface area contributed by atoms with Gasteiger partial charge < -0.3 is 14.1 Å². The van der Waals surface area contributed by atoms with Gasteiger partial charge in [0.2, 0.25) is 0 Å². The number of hydrogen-bond donors (Lipinski definition) is 0. The van der Waals surface area contributed by atoms with E-state index in [-0.39, 0.29) is 11.9 Å². The van der Waals surface area contributed by atoms with E-state index >= 15 is 0 Å². The molecule has 1 unspecified atom stereocenters. The molecule has 1 fully saturated rings. The smallest absolute Gasteiger partial charge is 0.140 e. The lowest BCUT2D eigenvalue weighted by Crippen LogP contribution is -2.38. The average molecular weight is 299 g/mol. The van der Waals surface area contributed by atoms with Crippen molar-refractivity contribution in [2.24, 2.45) is 0 Å². The van der Waals surface area contributed by atoms with E-state index in [9.17, 15) is 4.39 Å². The quantitative estimate of drug-likeness (QED) is 0.728. The van der Waals surface area contributed by atoms with Gasteiger partial charge in [0, 0.05) is 11.9 Å². The second-order valence-corrected chi connectivity index (χ2v) is 5.18. The molecule has 1 saturated heterocycles. The Bertz CT molecular complexity index is 791. The lowest BCUT2D eigenvalue weighted by atomic mass is 10.2. The molecular weight excluding hydrogens is 285 g/mol. The molecule has 0 bridgehead atoms. The van der Waals surface area contributed by atoms with Gasteiger partial charge in [-0.1, -0.05) is 0 Å². The molecule has 0 saturated carbocycles. The summed E-state index contributed by atoms with van der Waals surface area (Å²) in [5.41, 5.74) is 0.729. The van der Waals surface area contributed by atoms with Crippen molar-refractivity contribution in [2.75, 3.05) is 24.6 Å². The van der Waals surface area contributed by atoms with Crippen LogP contribution in [0.5, 0.6) is 0 Å². The number of halogens is 1. The number of hydrogen-bond acceptors (Lipinski definition) is 5. The van der Waals surface area contributed by atoms with E-state index < -0.39 is 0 Å². The molecule has 1 aliphatic rings. The summed E-state index contributed by atoms with van der Waals surface area (Å²) < 4.78 is 24.7. The van der Waals surface area contributed by atoms with Gasteiger partial charge in [-0.3, -0.25) is 0 Å². The summed E-state index contributed by atoms with van der Waals surface area (Å²) in [6, 6.07) is 8.28. The zero-order valence-corrected chi connectivity index (χ0v) is 11.8. The van der Waals surface area contributed by atoms with E-state index in [0.717, 1.165) is 17.1 Å². The van der Waals surface area contributed by atoms with Gasteiger partial charge in [0.05, 0.1) is 24.9 Å². The maximum Gasteiger partial charge on any atom is 0.140 e. The largest absolute Gasteiger partial charge is 0.467 e. The third-order valence-electron chi connectivity index (χ3n) is 3.80. The van der Waals surface area contributed by atoms with Crippen molar-refractivity contribution in [1.29, 1.82) is 0 Å². The van der Waals surface area contributed by atoms with Crippen molar-refractivity contribution >= 4 is 16.7 Å². The van der Waals surface area contributed by atoms with Crippen molar-refractivity contribution in [3.05, 3.63) is 54.5 Å². The van der Waals surface area contributed by atoms with Gasteiger partial charge in [-0.25, -0.2) is 14.4 Å². The van der Waals surface area contributed by atoms with E-state index in [1.54, 1.807) is 12.3 Å². The fourth-order valence-electron chi connectivity index (χ4n) is 2.76. The number of aromatic nitrogens is 2. The molecule has 5 nitrogen and oxygen atoms in total. The Balaban J connectivity index is 1.70. The number of nitrogens with zero attached hydrogens (tertiary/aromatic N) is 3. The number of fused-ring (bicyclic) bond motifs is 1. The minimum Gasteiger partial charge on any atom is -0.467 e. The topological polar surface area (TPSA) is 51.4 Å². The van der Waals surface area contributed by atoms with Gasteiger partial charge in [-0.15, -0.1) is 0 Å². The van der Waals surface area contributed by atoms with Crippen LogP contribution in [-0.2, 0) is 4.74 Å². The highest BCUT2D eigenvalue weighted by atomic mass is 19.1. The molecule has 112 valence electrons. The van der Waals surface area contributed by atoms with Crippen molar-refractivity contribution in [3.63, 3.8) is 0 Å². The van der Waals surface area contributed by atoms with Crippen LogP contribution in [0.15, 0.2) is 47.3 Å². The summed E-state index contributed by atoms with van der Waals surface area (Å²) >= 11 is 0. The number of rotatable bonds is 2. The summed E-state index contributed by atoms with van der Waals surface area (Å²) in [5, 5.41) is 0.711. The Morgan fingerprint density at radius 2 is 2.18 bits per heavy atom. The fourth-order valence-corrected chi connectivity index (χ4v) is 2.76. The van der Waals surface area contributed by atoms with E-state index in [1.807, 2.05) is 12.1 Å². The highest BCUT2D eigenvalue weighted by Gasteiger charge is 2.26. The molecule has 3 aromatic rings. The molecule has 1 aliphatic heterocycles. The Labute approximate surface area is 126 Å². The van der Waals surface area contributed by atoms with Crippen LogP contribution in [0.2, 0.25) is 0 Å². The summed E-state index contributed by atoms with van der Waals surface area (Å²) in [6.07, 6.45) is 2.99. The maximum absolute atomic E-state index is 13.6. The predicted octanol–water partition coefficient (Wildman–Crippen LogP) is 2.94. The summed E-state index contributed by atoms with van der Waals surface area (Å²) in [7, 11) is 0. The van der Waals surface area contributed by atoms with E-state index in [0.29, 0.717) is 25.1 Å².